The molecule has 1 aromatic rings. The number of benzene rings is 1. The van der Waals surface area contributed by atoms with Gasteiger partial charge < -0.3 is 25.0 Å². The zero-order chi connectivity index (χ0) is 21.3. The summed E-state index contributed by atoms with van der Waals surface area (Å²) in [5.41, 5.74) is 0.708. The van der Waals surface area contributed by atoms with Gasteiger partial charge in [-0.2, -0.15) is 0 Å². The highest BCUT2D eigenvalue weighted by atomic mass is 19.1. The smallest absolute Gasteiger partial charge is 0.416 e. The predicted octanol–water partition coefficient (Wildman–Crippen LogP) is 0.520. The molecule has 0 spiro atoms. The van der Waals surface area contributed by atoms with E-state index in [1.165, 1.54) is 29.8 Å². The largest absolute Gasteiger partial charge is 0.423 e. The maximum Gasteiger partial charge on any atom is 0.416 e. The summed E-state index contributed by atoms with van der Waals surface area (Å²) in [6.45, 7) is 3.81. The molecule has 0 saturated carbocycles. The molecule has 3 amide bonds. The molecule has 2 aliphatic rings. The van der Waals surface area contributed by atoms with Crippen LogP contribution < -0.4 is 15.1 Å². The molecular weight excluding hydrogens is 383 g/mol. The predicted molar refractivity (Wildman–Crippen MR) is 103 cm³/mol. The lowest BCUT2D eigenvalue weighted by atomic mass is 10.1. The van der Waals surface area contributed by atoms with E-state index in [1.54, 1.807) is 12.1 Å². The van der Waals surface area contributed by atoms with Gasteiger partial charge in [-0.25, -0.2) is 9.18 Å². The van der Waals surface area contributed by atoms with Crippen molar-refractivity contribution in [2.45, 2.75) is 26.1 Å². The van der Waals surface area contributed by atoms with Crippen molar-refractivity contribution in [3.63, 3.8) is 0 Å². The number of hydrogen-bond acceptors (Lipinski definition) is 6. The van der Waals surface area contributed by atoms with Gasteiger partial charge in [0.25, 0.3) is 0 Å². The number of cyclic esters (lactones) is 1. The lowest BCUT2D eigenvalue weighted by molar-refractivity contribution is -0.134. The molecule has 2 aliphatic heterocycles. The third-order valence-corrected chi connectivity index (χ3v) is 5.41. The van der Waals surface area contributed by atoms with Gasteiger partial charge in [-0.1, -0.05) is 6.92 Å². The van der Waals surface area contributed by atoms with Crippen LogP contribution in [0.5, 0.6) is 0 Å². The number of likely N-dealkylation sites (N-methyl/N-ethyl adjacent to an activating group) is 1. The summed E-state index contributed by atoms with van der Waals surface area (Å²) in [6, 6.07) is 4.28. The van der Waals surface area contributed by atoms with Crippen LogP contribution in [0.1, 0.15) is 13.8 Å². The number of aliphatic hydroxyl groups excluding tert-OH is 1. The van der Waals surface area contributed by atoms with Crippen molar-refractivity contribution in [3.8, 4) is 0 Å². The van der Waals surface area contributed by atoms with Crippen LogP contribution >= 0.6 is 0 Å². The molecule has 2 heterocycles. The topological polar surface area (TPSA) is 102 Å². The van der Waals surface area contributed by atoms with Gasteiger partial charge in [0.05, 0.1) is 24.0 Å². The number of halogens is 1. The Morgan fingerprint density at radius 3 is 2.69 bits per heavy atom. The Labute approximate surface area is 168 Å². The Hall–Kier alpha value is -2.88. The Kier molecular flexibility index (Phi) is 5.92. The molecule has 1 aromatic carbocycles. The first-order chi connectivity index (χ1) is 13.7. The molecule has 0 aliphatic carbocycles. The lowest BCUT2D eigenvalue weighted by Crippen LogP contribution is -2.41. The molecule has 0 bridgehead atoms. The second kappa shape index (κ2) is 8.24. The van der Waals surface area contributed by atoms with E-state index in [0.717, 1.165) is 0 Å². The monoisotopic (exact) mass is 408 g/mol. The fourth-order valence-corrected chi connectivity index (χ4v) is 3.59. The molecule has 2 N–H and O–H groups in total. The number of anilines is 2. The van der Waals surface area contributed by atoms with Crippen LogP contribution in [0.15, 0.2) is 18.2 Å². The summed E-state index contributed by atoms with van der Waals surface area (Å²) in [7, 11) is 1.54. The van der Waals surface area contributed by atoms with Gasteiger partial charge in [0.1, 0.15) is 12.4 Å². The fraction of sp³-hybridized carbons (Fsp3) is 0.526. The van der Waals surface area contributed by atoms with E-state index < -0.39 is 30.7 Å². The maximum absolute atomic E-state index is 14.8. The zero-order valence-electron chi connectivity index (χ0n) is 16.6. The molecule has 0 aromatic heterocycles. The van der Waals surface area contributed by atoms with Crippen molar-refractivity contribution >= 4 is 29.3 Å². The summed E-state index contributed by atoms with van der Waals surface area (Å²) in [6.07, 6.45) is -1.37. The van der Waals surface area contributed by atoms with E-state index in [9.17, 15) is 18.8 Å². The normalized spacial score (nSPS) is 23.9. The molecule has 158 valence electrons. The van der Waals surface area contributed by atoms with Crippen LogP contribution in [0.25, 0.3) is 0 Å². The van der Waals surface area contributed by atoms with Crippen molar-refractivity contribution in [1.82, 2.24) is 10.2 Å². The van der Waals surface area contributed by atoms with Crippen molar-refractivity contribution in [1.29, 1.82) is 0 Å². The van der Waals surface area contributed by atoms with Crippen molar-refractivity contribution < 1.29 is 28.6 Å². The Morgan fingerprint density at radius 1 is 1.34 bits per heavy atom. The minimum Gasteiger partial charge on any atom is -0.423 e. The molecule has 1 unspecified atom stereocenters. The first-order valence-electron chi connectivity index (χ1n) is 9.37. The van der Waals surface area contributed by atoms with E-state index in [0.29, 0.717) is 24.5 Å². The molecule has 29 heavy (non-hydrogen) atoms. The van der Waals surface area contributed by atoms with Crippen molar-refractivity contribution in [3.05, 3.63) is 24.0 Å². The quantitative estimate of drug-likeness (QED) is 0.737. The van der Waals surface area contributed by atoms with Crippen molar-refractivity contribution in [2.24, 2.45) is 5.92 Å². The highest BCUT2D eigenvalue weighted by Gasteiger charge is 2.37. The minimum absolute atomic E-state index is 0.0843. The van der Waals surface area contributed by atoms with Crippen LogP contribution in [-0.2, 0) is 14.3 Å². The second-order valence-electron chi connectivity index (χ2n) is 7.43. The SMILES string of the molecule is CC(=O)N(C)C1CN(c2ccc(N3C[C@@H](C)[C@@H](NC(=O)CO)C3)c(F)c2)C(=O)O1. The Balaban J connectivity index is 1.72. The third-order valence-electron chi connectivity index (χ3n) is 5.41. The molecule has 3 rings (SSSR count). The number of rotatable bonds is 5. The van der Waals surface area contributed by atoms with E-state index in [2.05, 4.69) is 5.32 Å². The molecule has 3 atom stereocenters. The molecule has 10 heteroatoms. The van der Waals surface area contributed by atoms with Crippen molar-refractivity contribution in [2.75, 3.05) is 43.1 Å². The number of carbonyl (C=O) groups excluding carboxylic acids is 3. The molecule has 2 fully saturated rings. The Bertz CT molecular complexity index is 820. The lowest BCUT2D eigenvalue weighted by Gasteiger charge is -2.22. The van der Waals surface area contributed by atoms with E-state index in [4.69, 9.17) is 9.84 Å². The van der Waals surface area contributed by atoms with Crippen LogP contribution in [0.3, 0.4) is 0 Å². The summed E-state index contributed by atoms with van der Waals surface area (Å²) < 4.78 is 20.0. The third kappa shape index (κ3) is 4.26. The minimum atomic E-state index is -0.724. The standard InChI is InChI=1S/C19H25FN4O5/c1-11-7-23(8-15(11)21-17(27)10-25)16-5-4-13(6-14(16)20)24-9-18(29-19(24)28)22(3)12(2)26/h4-6,11,15,18,25H,7-10H2,1-3H3,(H,21,27)/t11-,15+,18?/m1/s1. The number of hydrogen-bond donors (Lipinski definition) is 2. The van der Waals surface area contributed by atoms with Crippen LogP contribution in [0.4, 0.5) is 20.6 Å². The first-order valence-corrected chi connectivity index (χ1v) is 9.37. The number of carbonyl (C=O) groups is 3. The number of aliphatic hydroxyl groups is 1. The number of ether oxygens (including phenoxy) is 1. The van der Waals surface area contributed by atoms with E-state index in [1.807, 2.05) is 11.8 Å². The van der Waals surface area contributed by atoms with Gasteiger partial charge >= 0.3 is 6.09 Å². The van der Waals surface area contributed by atoms with Crippen LogP contribution in [0.2, 0.25) is 0 Å². The number of amides is 3. The highest BCUT2D eigenvalue weighted by Crippen LogP contribution is 2.31. The summed E-state index contributed by atoms with van der Waals surface area (Å²) >= 11 is 0. The van der Waals surface area contributed by atoms with E-state index >= 15 is 0 Å². The number of nitrogens with zero attached hydrogens (tertiary/aromatic N) is 3. The van der Waals surface area contributed by atoms with Gasteiger partial charge in [-0.3, -0.25) is 14.5 Å². The van der Waals surface area contributed by atoms with Gasteiger partial charge in [0.15, 0.2) is 6.23 Å². The van der Waals surface area contributed by atoms with Gasteiger partial charge in [0.2, 0.25) is 11.8 Å². The molecular formula is C19H25FN4O5. The average molecular weight is 408 g/mol. The van der Waals surface area contributed by atoms with Gasteiger partial charge in [-0.15, -0.1) is 0 Å². The summed E-state index contributed by atoms with van der Waals surface area (Å²) in [4.78, 5) is 39.5. The molecule has 0 radical (unpaired) electrons. The highest BCUT2D eigenvalue weighted by molar-refractivity contribution is 5.90. The van der Waals surface area contributed by atoms with Gasteiger partial charge in [0, 0.05) is 27.1 Å². The average Bonchev–Trinajstić information content (AvgIpc) is 3.23. The first kappa shape index (κ1) is 20.8. The second-order valence-corrected chi connectivity index (χ2v) is 7.43. The Morgan fingerprint density at radius 2 is 2.07 bits per heavy atom. The molecule has 2 saturated heterocycles. The van der Waals surface area contributed by atoms with Crippen LogP contribution in [0, 0.1) is 11.7 Å². The molecule has 9 nitrogen and oxygen atoms in total. The summed E-state index contributed by atoms with van der Waals surface area (Å²) in [5.74, 6) is -1.12. The summed E-state index contributed by atoms with van der Waals surface area (Å²) in [5, 5.41) is 11.6. The maximum atomic E-state index is 14.8. The number of nitrogens with one attached hydrogen (secondary N) is 1. The van der Waals surface area contributed by atoms with E-state index in [-0.39, 0.29) is 24.4 Å². The zero-order valence-corrected chi connectivity index (χ0v) is 16.6. The van der Waals surface area contributed by atoms with Crippen LogP contribution in [-0.4, -0.2) is 73.5 Å². The van der Waals surface area contributed by atoms with Gasteiger partial charge in [-0.05, 0) is 24.1 Å². The fourth-order valence-electron chi connectivity index (χ4n) is 3.59.